The summed E-state index contributed by atoms with van der Waals surface area (Å²) in [6.07, 6.45) is 10.8. The summed E-state index contributed by atoms with van der Waals surface area (Å²) in [6, 6.07) is 0. The third-order valence-corrected chi connectivity index (χ3v) is 3.95. The maximum atomic E-state index is 9.43. The van der Waals surface area contributed by atoms with E-state index in [1.54, 1.807) is 0 Å². The van der Waals surface area contributed by atoms with Gasteiger partial charge in [-0.25, -0.2) is 0 Å². The van der Waals surface area contributed by atoms with Crippen molar-refractivity contribution in [2.45, 2.75) is 83.7 Å². The van der Waals surface area contributed by atoms with Gasteiger partial charge in [0.2, 0.25) is 0 Å². The van der Waals surface area contributed by atoms with Gasteiger partial charge >= 0.3 is 148 Å². The fourth-order valence-electron chi connectivity index (χ4n) is 2.50. The molecule has 0 fully saturated rings. The average Bonchev–Trinajstić information content (AvgIpc) is 2.40. The first-order valence-corrected chi connectivity index (χ1v) is 8.78. The van der Waals surface area contributed by atoms with Crippen molar-refractivity contribution in [2.75, 3.05) is 0 Å². The molecule has 0 spiro atoms. The van der Waals surface area contributed by atoms with Crippen LogP contribution in [0.15, 0.2) is 0 Å². The molecule has 0 aliphatic carbocycles. The molecule has 0 saturated carbocycles. The van der Waals surface area contributed by atoms with Gasteiger partial charge in [0.25, 0.3) is 0 Å². The van der Waals surface area contributed by atoms with Crippen LogP contribution in [0.5, 0.6) is 0 Å². The molecule has 0 aliphatic heterocycles. The molecule has 0 aliphatic rings. The standard InChI is InChI=1S/C14H29.C3H4O4.Li.Na.H/c1-5-6-7-8-9-10-11-12-14(4)13(2)3;4-2(5)1-3(6)7;;;/h13-14H,4-12H2,1-3H3;1H2,(H,4,5)(H,6,7);;;. The predicted octanol–water partition coefficient (Wildman–Crippen LogP) is 3.88. The van der Waals surface area contributed by atoms with Gasteiger partial charge in [0.15, 0.2) is 0 Å². The Morgan fingerprint density at radius 2 is 1.35 bits per heavy atom. The summed E-state index contributed by atoms with van der Waals surface area (Å²) in [4.78, 5) is 18.9. The van der Waals surface area contributed by atoms with Crippen molar-refractivity contribution in [3.63, 3.8) is 0 Å². The SMILES string of the molecule is O=C(O)CC(=O)O.[Li][CH2]C(CCCCCCCCC)C(C)C.[NaH]. The van der Waals surface area contributed by atoms with E-state index < -0.39 is 18.4 Å². The third kappa shape index (κ3) is 24.9. The quantitative estimate of drug-likeness (QED) is 0.323. The molecule has 2 N–H and O–H groups in total. The topological polar surface area (TPSA) is 74.6 Å². The van der Waals surface area contributed by atoms with Crippen LogP contribution in [0.25, 0.3) is 0 Å². The monoisotopic (exact) mass is 332 g/mol. The summed E-state index contributed by atoms with van der Waals surface area (Å²) in [7, 11) is 0. The Labute approximate surface area is 173 Å². The number of carboxylic acid groups (broad SMARTS) is 2. The molecule has 128 valence electrons. The zero-order valence-electron chi connectivity index (χ0n) is 14.9. The van der Waals surface area contributed by atoms with E-state index in [0.717, 1.165) is 11.8 Å². The zero-order valence-corrected chi connectivity index (χ0v) is 14.9. The van der Waals surface area contributed by atoms with Crippen LogP contribution in [0.2, 0.25) is 5.09 Å². The fourth-order valence-corrected chi connectivity index (χ4v) is 2.50. The van der Waals surface area contributed by atoms with E-state index in [1.165, 1.54) is 56.5 Å². The molecule has 0 bridgehead atoms. The van der Waals surface area contributed by atoms with Gasteiger partial charge < -0.3 is 10.2 Å². The molecular weight excluding hydrogens is 298 g/mol. The molecular formula is C17H34LiNaO4. The van der Waals surface area contributed by atoms with Crippen molar-refractivity contribution in [3.05, 3.63) is 0 Å². The van der Waals surface area contributed by atoms with Crippen molar-refractivity contribution in [3.8, 4) is 0 Å². The Hall–Kier alpha value is 0.537. The van der Waals surface area contributed by atoms with E-state index in [0.29, 0.717) is 0 Å². The minimum absolute atomic E-state index is 0. The van der Waals surface area contributed by atoms with Gasteiger partial charge in [0.05, 0.1) is 0 Å². The summed E-state index contributed by atoms with van der Waals surface area (Å²) < 4.78 is 0. The zero-order chi connectivity index (χ0) is 17.4. The molecule has 0 rings (SSSR count). The van der Waals surface area contributed by atoms with Crippen LogP contribution in [0.3, 0.4) is 0 Å². The maximum absolute atomic E-state index is 9.43. The molecule has 0 aromatic carbocycles. The summed E-state index contributed by atoms with van der Waals surface area (Å²) in [6.45, 7) is 7.03. The molecule has 0 aromatic heterocycles. The Morgan fingerprint density at radius 3 is 1.65 bits per heavy atom. The molecule has 4 nitrogen and oxygen atoms in total. The van der Waals surface area contributed by atoms with Gasteiger partial charge in [-0.15, -0.1) is 0 Å². The van der Waals surface area contributed by atoms with Crippen LogP contribution in [-0.2, 0) is 9.59 Å². The van der Waals surface area contributed by atoms with Gasteiger partial charge in [-0.05, 0) is 0 Å². The van der Waals surface area contributed by atoms with Crippen molar-refractivity contribution >= 4 is 59.2 Å². The van der Waals surface area contributed by atoms with Crippen LogP contribution in [0.1, 0.15) is 78.6 Å². The Morgan fingerprint density at radius 1 is 0.913 bits per heavy atom. The van der Waals surface area contributed by atoms with Crippen LogP contribution in [0.4, 0.5) is 0 Å². The van der Waals surface area contributed by atoms with Crippen LogP contribution < -0.4 is 0 Å². The number of hydrogen-bond acceptors (Lipinski definition) is 2. The van der Waals surface area contributed by atoms with E-state index in [1.807, 2.05) is 0 Å². The Balaban J connectivity index is -0.000000425. The summed E-state index contributed by atoms with van der Waals surface area (Å²) in [5.74, 6) is -0.768. The van der Waals surface area contributed by atoms with E-state index in [4.69, 9.17) is 10.2 Å². The number of carbonyl (C=O) groups is 2. The van der Waals surface area contributed by atoms with Gasteiger partial charge in [-0.1, -0.05) is 0 Å². The molecule has 0 heterocycles. The van der Waals surface area contributed by atoms with Crippen molar-refractivity contribution in [1.82, 2.24) is 0 Å². The second-order valence-corrected chi connectivity index (χ2v) is 6.29. The molecule has 0 radical (unpaired) electrons. The van der Waals surface area contributed by atoms with Gasteiger partial charge in [-0.2, -0.15) is 0 Å². The third-order valence-electron chi connectivity index (χ3n) is 3.95. The first-order chi connectivity index (χ1) is 10.3. The number of unbranched alkanes of at least 4 members (excludes halogenated alkanes) is 6. The number of aliphatic carboxylic acids is 2. The van der Waals surface area contributed by atoms with E-state index >= 15 is 0 Å². The summed E-state index contributed by atoms with van der Waals surface area (Å²) in [5, 5.41) is 16.8. The summed E-state index contributed by atoms with van der Waals surface area (Å²) >= 11 is 2.34. The second-order valence-electron chi connectivity index (χ2n) is 6.29. The molecule has 0 saturated heterocycles. The minimum atomic E-state index is -1.31. The average molecular weight is 332 g/mol. The van der Waals surface area contributed by atoms with Gasteiger partial charge in [-0.3, -0.25) is 9.59 Å². The molecule has 0 amide bonds. The molecule has 1 atom stereocenters. The molecule has 6 heteroatoms. The van der Waals surface area contributed by atoms with Crippen LogP contribution in [-0.4, -0.2) is 69.4 Å². The van der Waals surface area contributed by atoms with Gasteiger partial charge in [0, 0.05) is 0 Å². The van der Waals surface area contributed by atoms with Crippen molar-refractivity contribution < 1.29 is 19.8 Å². The molecule has 23 heavy (non-hydrogen) atoms. The number of hydrogen-bond donors (Lipinski definition) is 2. The second kappa shape index (κ2) is 20.6. The summed E-state index contributed by atoms with van der Waals surface area (Å²) in [5.41, 5.74) is 0. The number of rotatable bonds is 12. The van der Waals surface area contributed by atoms with Crippen molar-refractivity contribution in [1.29, 1.82) is 0 Å². The molecule has 0 aromatic rings. The number of carboxylic acids is 2. The van der Waals surface area contributed by atoms with E-state index in [2.05, 4.69) is 38.5 Å². The first-order valence-electron chi connectivity index (χ1n) is 8.78. The first kappa shape index (κ1) is 28.3. The van der Waals surface area contributed by atoms with E-state index in [9.17, 15) is 9.59 Å². The fraction of sp³-hybridized carbons (Fsp3) is 0.882. The Kier molecular flexibility index (Phi) is 25.4. The normalized spacial score (nSPS) is 11.2. The van der Waals surface area contributed by atoms with Crippen molar-refractivity contribution in [2.24, 2.45) is 11.8 Å². The van der Waals surface area contributed by atoms with Crippen LogP contribution >= 0.6 is 0 Å². The van der Waals surface area contributed by atoms with Crippen LogP contribution in [0, 0.1) is 11.8 Å². The van der Waals surface area contributed by atoms with Gasteiger partial charge in [0.1, 0.15) is 6.42 Å². The molecule has 1 unspecified atom stereocenters. The van der Waals surface area contributed by atoms with E-state index in [-0.39, 0.29) is 29.6 Å². The predicted molar refractivity (Wildman–Crippen MR) is 98.5 cm³/mol. The Bertz CT molecular complexity index is 274.